The minimum Gasteiger partial charge on any atom is -0.445 e. The highest BCUT2D eigenvalue weighted by Crippen LogP contribution is 2.32. The van der Waals surface area contributed by atoms with Gasteiger partial charge >= 0.3 is 6.09 Å². The number of aromatic nitrogens is 1. The van der Waals surface area contributed by atoms with Crippen LogP contribution >= 0.6 is 0 Å². The summed E-state index contributed by atoms with van der Waals surface area (Å²) in [6.45, 7) is 2.34. The number of rotatable bonds is 7. The molecule has 2 amide bonds. The first-order chi connectivity index (χ1) is 14.2. The van der Waals surface area contributed by atoms with Gasteiger partial charge in [0.05, 0.1) is 0 Å². The van der Waals surface area contributed by atoms with E-state index >= 15 is 0 Å². The number of ether oxygens (including phenoxy) is 1. The maximum absolute atomic E-state index is 12.5. The van der Waals surface area contributed by atoms with Gasteiger partial charge in [0.2, 0.25) is 5.91 Å². The SMILES string of the molecule is CCC(NC(=O)OCc1ccccc1)[C@H]1CC[C@H](C(=O)Nc2ccncc2)CC1. The van der Waals surface area contributed by atoms with E-state index in [1.807, 2.05) is 30.3 Å². The minimum atomic E-state index is -0.377. The smallest absolute Gasteiger partial charge is 0.407 e. The Morgan fingerprint density at radius 3 is 2.41 bits per heavy atom. The number of carbonyl (C=O) groups excluding carboxylic acids is 2. The molecule has 6 heteroatoms. The van der Waals surface area contributed by atoms with Crippen molar-refractivity contribution in [2.24, 2.45) is 11.8 Å². The van der Waals surface area contributed by atoms with E-state index in [0.717, 1.165) is 43.4 Å². The van der Waals surface area contributed by atoms with Crippen molar-refractivity contribution in [1.29, 1.82) is 0 Å². The number of alkyl carbamates (subject to hydrolysis) is 1. The van der Waals surface area contributed by atoms with E-state index in [-0.39, 0.29) is 30.6 Å². The van der Waals surface area contributed by atoms with Crippen LogP contribution in [0.3, 0.4) is 0 Å². The van der Waals surface area contributed by atoms with E-state index in [1.54, 1.807) is 24.5 Å². The van der Waals surface area contributed by atoms with Crippen LogP contribution in [0, 0.1) is 11.8 Å². The van der Waals surface area contributed by atoms with E-state index in [9.17, 15) is 9.59 Å². The molecule has 2 aromatic rings. The molecule has 6 nitrogen and oxygen atoms in total. The van der Waals surface area contributed by atoms with Gasteiger partial charge in [-0.05, 0) is 55.7 Å². The van der Waals surface area contributed by atoms with Gasteiger partial charge in [0.25, 0.3) is 0 Å². The lowest BCUT2D eigenvalue weighted by Crippen LogP contribution is -2.42. The molecule has 1 aromatic heterocycles. The maximum atomic E-state index is 12.5. The zero-order chi connectivity index (χ0) is 20.5. The van der Waals surface area contributed by atoms with E-state index in [2.05, 4.69) is 22.5 Å². The van der Waals surface area contributed by atoms with Crippen molar-refractivity contribution in [3.8, 4) is 0 Å². The van der Waals surface area contributed by atoms with Crippen molar-refractivity contribution in [3.63, 3.8) is 0 Å². The first-order valence-electron chi connectivity index (χ1n) is 10.3. The molecule has 1 aromatic carbocycles. The molecule has 154 valence electrons. The van der Waals surface area contributed by atoms with Gasteiger partial charge < -0.3 is 15.4 Å². The molecule has 1 aliphatic rings. The Balaban J connectivity index is 1.43. The fourth-order valence-corrected chi connectivity index (χ4v) is 3.93. The number of amides is 2. The number of carbonyl (C=O) groups is 2. The Labute approximate surface area is 172 Å². The summed E-state index contributed by atoms with van der Waals surface area (Å²) < 4.78 is 5.36. The van der Waals surface area contributed by atoms with Gasteiger partial charge in [-0.2, -0.15) is 0 Å². The Morgan fingerprint density at radius 1 is 1.07 bits per heavy atom. The molecule has 0 aliphatic heterocycles. The largest absolute Gasteiger partial charge is 0.445 e. The number of hydrogen-bond donors (Lipinski definition) is 2. The summed E-state index contributed by atoms with van der Waals surface area (Å²) in [6.07, 6.45) is 7.31. The highest BCUT2D eigenvalue weighted by atomic mass is 16.5. The molecule has 2 N–H and O–H groups in total. The van der Waals surface area contributed by atoms with Gasteiger partial charge in [0.15, 0.2) is 0 Å². The number of pyridine rings is 1. The molecule has 1 saturated carbocycles. The molecule has 1 unspecified atom stereocenters. The molecular weight excluding hydrogens is 366 g/mol. The predicted molar refractivity (Wildman–Crippen MR) is 112 cm³/mol. The van der Waals surface area contributed by atoms with Crippen LogP contribution in [-0.2, 0) is 16.1 Å². The highest BCUT2D eigenvalue weighted by molar-refractivity contribution is 5.92. The second-order valence-electron chi connectivity index (χ2n) is 7.56. The Hall–Kier alpha value is -2.89. The summed E-state index contributed by atoms with van der Waals surface area (Å²) in [5, 5.41) is 5.99. The van der Waals surface area contributed by atoms with Crippen molar-refractivity contribution in [2.75, 3.05) is 5.32 Å². The molecule has 0 spiro atoms. The lowest BCUT2D eigenvalue weighted by molar-refractivity contribution is -0.121. The molecule has 1 heterocycles. The third kappa shape index (κ3) is 6.31. The van der Waals surface area contributed by atoms with Crippen LogP contribution in [0.5, 0.6) is 0 Å². The molecular formula is C23H29N3O3. The third-order valence-corrected chi connectivity index (χ3v) is 5.62. The zero-order valence-corrected chi connectivity index (χ0v) is 16.8. The summed E-state index contributed by atoms with van der Waals surface area (Å²) in [7, 11) is 0. The van der Waals surface area contributed by atoms with Gasteiger partial charge in [0, 0.05) is 30.0 Å². The summed E-state index contributed by atoms with van der Waals surface area (Å²) in [5.41, 5.74) is 1.75. The van der Waals surface area contributed by atoms with Crippen molar-refractivity contribution >= 4 is 17.7 Å². The topological polar surface area (TPSA) is 80.3 Å². The zero-order valence-electron chi connectivity index (χ0n) is 16.8. The van der Waals surface area contributed by atoms with Crippen LogP contribution in [0.1, 0.15) is 44.6 Å². The van der Waals surface area contributed by atoms with E-state index in [1.165, 1.54) is 0 Å². The van der Waals surface area contributed by atoms with Crippen molar-refractivity contribution in [2.45, 2.75) is 51.7 Å². The number of hydrogen-bond acceptors (Lipinski definition) is 4. The Kier molecular flexibility index (Phi) is 7.61. The van der Waals surface area contributed by atoms with Gasteiger partial charge in [0.1, 0.15) is 6.61 Å². The fraction of sp³-hybridized carbons (Fsp3) is 0.435. The Morgan fingerprint density at radius 2 is 1.76 bits per heavy atom. The second-order valence-corrected chi connectivity index (χ2v) is 7.56. The van der Waals surface area contributed by atoms with Crippen LogP contribution in [0.4, 0.5) is 10.5 Å². The number of nitrogens with zero attached hydrogens (tertiary/aromatic N) is 1. The molecule has 1 aliphatic carbocycles. The number of anilines is 1. The molecule has 3 rings (SSSR count). The van der Waals surface area contributed by atoms with Crippen molar-refractivity contribution in [1.82, 2.24) is 10.3 Å². The molecule has 0 bridgehead atoms. The average Bonchev–Trinajstić information content (AvgIpc) is 2.77. The lowest BCUT2D eigenvalue weighted by Gasteiger charge is -2.33. The number of nitrogens with one attached hydrogen (secondary N) is 2. The monoisotopic (exact) mass is 395 g/mol. The van der Waals surface area contributed by atoms with Crippen LogP contribution < -0.4 is 10.6 Å². The van der Waals surface area contributed by atoms with Crippen molar-refractivity contribution < 1.29 is 14.3 Å². The van der Waals surface area contributed by atoms with Crippen LogP contribution in [0.2, 0.25) is 0 Å². The van der Waals surface area contributed by atoms with Crippen molar-refractivity contribution in [3.05, 3.63) is 60.4 Å². The normalized spacial score (nSPS) is 19.8. The first kappa shape index (κ1) is 20.8. The van der Waals surface area contributed by atoms with Gasteiger partial charge in [-0.3, -0.25) is 9.78 Å². The third-order valence-electron chi connectivity index (χ3n) is 5.62. The summed E-state index contributed by atoms with van der Waals surface area (Å²) in [6, 6.07) is 13.3. The molecule has 0 radical (unpaired) electrons. The van der Waals surface area contributed by atoms with E-state index in [0.29, 0.717) is 5.92 Å². The molecule has 29 heavy (non-hydrogen) atoms. The predicted octanol–water partition coefficient (Wildman–Crippen LogP) is 4.53. The average molecular weight is 396 g/mol. The standard InChI is InChI=1S/C23H29N3O3/c1-2-21(26-23(28)29-16-17-6-4-3-5-7-17)18-8-10-19(11-9-18)22(27)25-20-12-14-24-15-13-20/h3-7,12-15,18-19,21H,2,8-11,16H2,1H3,(H,26,28)(H,24,25,27)/t18-,19-,21?. The molecule has 0 saturated heterocycles. The first-order valence-corrected chi connectivity index (χ1v) is 10.3. The Bertz CT molecular complexity index is 774. The highest BCUT2D eigenvalue weighted by Gasteiger charge is 2.31. The molecule has 1 fully saturated rings. The quantitative estimate of drug-likeness (QED) is 0.722. The van der Waals surface area contributed by atoms with E-state index < -0.39 is 0 Å². The second kappa shape index (κ2) is 10.6. The fourth-order valence-electron chi connectivity index (χ4n) is 3.93. The number of benzene rings is 1. The van der Waals surface area contributed by atoms with Crippen LogP contribution in [0.25, 0.3) is 0 Å². The van der Waals surface area contributed by atoms with Gasteiger partial charge in [-0.25, -0.2) is 4.79 Å². The lowest BCUT2D eigenvalue weighted by atomic mass is 9.77. The van der Waals surface area contributed by atoms with Crippen LogP contribution in [0.15, 0.2) is 54.9 Å². The summed E-state index contributed by atoms with van der Waals surface area (Å²) in [4.78, 5) is 28.7. The van der Waals surface area contributed by atoms with Gasteiger partial charge in [-0.15, -0.1) is 0 Å². The summed E-state index contributed by atoms with van der Waals surface area (Å²) in [5.74, 6) is 0.453. The molecule has 1 atom stereocenters. The van der Waals surface area contributed by atoms with E-state index in [4.69, 9.17) is 4.74 Å². The van der Waals surface area contributed by atoms with Gasteiger partial charge in [-0.1, -0.05) is 37.3 Å². The van der Waals surface area contributed by atoms with Crippen LogP contribution in [-0.4, -0.2) is 23.0 Å². The minimum absolute atomic E-state index is 0.0157. The maximum Gasteiger partial charge on any atom is 0.407 e. The summed E-state index contributed by atoms with van der Waals surface area (Å²) >= 11 is 0.